The minimum Gasteiger partial charge on any atom is -0.363 e. The van der Waals surface area contributed by atoms with Gasteiger partial charge in [0.25, 0.3) is 5.91 Å². The van der Waals surface area contributed by atoms with E-state index in [9.17, 15) is 4.79 Å². The maximum atomic E-state index is 12.5. The van der Waals surface area contributed by atoms with Crippen molar-refractivity contribution in [1.29, 1.82) is 0 Å². The van der Waals surface area contributed by atoms with Gasteiger partial charge in [0.2, 0.25) is 0 Å². The normalized spacial score (nSPS) is 17.1. The molecule has 108 valence electrons. The van der Waals surface area contributed by atoms with Gasteiger partial charge in [-0.25, -0.2) is 0 Å². The van der Waals surface area contributed by atoms with E-state index >= 15 is 0 Å². The van der Waals surface area contributed by atoms with E-state index in [4.69, 9.17) is 10.5 Å². The Morgan fingerprint density at radius 2 is 1.95 bits per heavy atom. The van der Waals surface area contributed by atoms with Gasteiger partial charge in [0.1, 0.15) is 0 Å². The largest absolute Gasteiger partial charge is 0.363 e. The van der Waals surface area contributed by atoms with E-state index in [0.717, 1.165) is 23.2 Å². The molecule has 3 N–H and O–H groups in total. The summed E-state index contributed by atoms with van der Waals surface area (Å²) in [5.74, 6) is -0.150. The van der Waals surface area contributed by atoms with E-state index in [0.29, 0.717) is 13.2 Å². The first-order chi connectivity index (χ1) is 10.3. The number of rotatable bonds is 3. The summed E-state index contributed by atoms with van der Waals surface area (Å²) in [4.78, 5) is 12.5. The van der Waals surface area contributed by atoms with Crippen LogP contribution in [0.25, 0.3) is 0 Å². The standard InChI is InChI=1S/C17H18N2O2/c18-11-13-6-2-4-8-15(13)19-17(20)16-14-7-3-1-5-12(14)9-10-21-16/h1-8,16H,9-11,18H2,(H,19,20). The first kappa shape index (κ1) is 13.8. The molecule has 2 aromatic rings. The summed E-state index contributed by atoms with van der Waals surface area (Å²) in [5.41, 5.74) is 9.49. The zero-order valence-corrected chi connectivity index (χ0v) is 11.7. The van der Waals surface area contributed by atoms with Gasteiger partial charge < -0.3 is 15.8 Å². The topological polar surface area (TPSA) is 64.3 Å². The third kappa shape index (κ3) is 2.82. The molecule has 0 saturated carbocycles. The van der Waals surface area contributed by atoms with Crippen LogP contribution in [0.3, 0.4) is 0 Å². The highest BCUT2D eigenvalue weighted by molar-refractivity contribution is 5.95. The minimum absolute atomic E-state index is 0.150. The van der Waals surface area contributed by atoms with Crippen LogP contribution >= 0.6 is 0 Å². The van der Waals surface area contributed by atoms with Gasteiger partial charge in [-0.05, 0) is 29.2 Å². The minimum atomic E-state index is -0.555. The molecule has 1 atom stereocenters. The van der Waals surface area contributed by atoms with Crippen molar-refractivity contribution in [1.82, 2.24) is 0 Å². The Balaban J connectivity index is 1.84. The van der Waals surface area contributed by atoms with Crippen molar-refractivity contribution >= 4 is 11.6 Å². The molecule has 1 unspecified atom stereocenters. The number of para-hydroxylation sites is 1. The Morgan fingerprint density at radius 3 is 2.81 bits per heavy atom. The molecule has 3 rings (SSSR count). The van der Waals surface area contributed by atoms with Crippen LogP contribution in [0, 0.1) is 0 Å². The molecule has 1 aliphatic heterocycles. The molecule has 0 bridgehead atoms. The fourth-order valence-electron chi connectivity index (χ4n) is 2.63. The van der Waals surface area contributed by atoms with Crippen LogP contribution in [0.2, 0.25) is 0 Å². The lowest BCUT2D eigenvalue weighted by Gasteiger charge is -2.25. The van der Waals surface area contributed by atoms with Crippen molar-refractivity contribution in [3.63, 3.8) is 0 Å². The molecule has 4 nitrogen and oxygen atoms in total. The molecule has 0 radical (unpaired) electrons. The molecule has 1 amide bonds. The Hall–Kier alpha value is -2.17. The zero-order chi connectivity index (χ0) is 14.7. The Labute approximate surface area is 123 Å². The monoisotopic (exact) mass is 282 g/mol. The lowest BCUT2D eigenvalue weighted by molar-refractivity contribution is -0.128. The summed E-state index contributed by atoms with van der Waals surface area (Å²) in [7, 11) is 0. The van der Waals surface area contributed by atoms with E-state index in [1.54, 1.807) is 0 Å². The van der Waals surface area contributed by atoms with E-state index in [2.05, 4.69) is 5.32 Å². The molecule has 1 aliphatic rings. The van der Waals surface area contributed by atoms with Gasteiger partial charge in [-0.3, -0.25) is 4.79 Å². The number of amides is 1. The molecule has 0 aliphatic carbocycles. The average molecular weight is 282 g/mol. The van der Waals surface area contributed by atoms with Gasteiger partial charge in [0.15, 0.2) is 6.10 Å². The first-order valence-electron chi connectivity index (χ1n) is 7.08. The zero-order valence-electron chi connectivity index (χ0n) is 11.7. The summed E-state index contributed by atoms with van der Waals surface area (Å²) in [6, 6.07) is 15.5. The number of carbonyl (C=O) groups is 1. The summed E-state index contributed by atoms with van der Waals surface area (Å²) in [5, 5.41) is 2.93. The summed E-state index contributed by atoms with van der Waals surface area (Å²) in [6.45, 7) is 0.951. The highest BCUT2D eigenvalue weighted by atomic mass is 16.5. The Bertz CT molecular complexity index is 655. The predicted octanol–water partition coefficient (Wildman–Crippen LogP) is 2.40. The lowest BCUT2D eigenvalue weighted by atomic mass is 9.97. The third-order valence-corrected chi connectivity index (χ3v) is 3.73. The number of nitrogens with one attached hydrogen (secondary N) is 1. The number of carbonyl (C=O) groups excluding carboxylic acids is 1. The van der Waals surface area contributed by atoms with Crippen molar-refractivity contribution in [2.24, 2.45) is 5.73 Å². The number of benzene rings is 2. The van der Waals surface area contributed by atoms with Gasteiger partial charge >= 0.3 is 0 Å². The SMILES string of the molecule is NCc1ccccc1NC(=O)C1OCCc2ccccc21. The maximum Gasteiger partial charge on any atom is 0.258 e. The molecule has 4 heteroatoms. The van der Waals surface area contributed by atoms with Crippen LogP contribution in [0.4, 0.5) is 5.69 Å². The summed E-state index contributed by atoms with van der Waals surface area (Å²) < 4.78 is 5.67. The first-order valence-corrected chi connectivity index (χ1v) is 7.08. The Morgan fingerprint density at radius 1 is 1.19 bits per heavy atom. The van der Waals surface area contributed by atoms with Gasteiger partial charge in [-0.15, -0.1) is 0 Å². The summed E-state index contributed by atoms with van der Waals surface area (Å²) >= 11 is 0. The van der Waals surface area contributed by atoms with E-state index in [-0.39, 0.29) is 5.91 Å². The molecule has 2 aromatic carbocycles. The van der Waals surface area contributed by atoms with Crippen LogP contribution in [-0.2, 0) is 22.5 Å². The third-order valence-electron chi connectivity index (χ3n) is 3.73. The number of nitrogens with two attached hydrogens (primary N) is 1. The van der Waals surface area contributed by atoms with Crippen LogP contribution < -0.4 is 11.1 Å². The van der Waals surface area contributed by atoms with Crippen molar-refractivity contribution in [2.45, 2.75) is 19.1 Å². The quantitative estimate of drug-likeness (QED) is 0.908. The molecular formula is C17H18N2O2. The molecular weight excluding hydrogens is 264 g/mol. The number of ether oxygens (including phenoxy) is 1. The van der Waals surface area contributed by atoms with Crippen molar-refractivity contribution in [2.75, 3.05) is 11.9 Å². The maximum absolute atomic E-state index is 12.5. The lowest BCUT2D eigenvalue weighted by Crippen LogP contribution is -2.28. The van der Waals surface area contributed by atoms with Gasteiger partial charge in [0.05, 0.1) is 6.61 Å². The van der Waals surface area contributed by atoms with Crippen LogP contribution in [0.1, 0.15) is 22.8 Å². The van der Waals surface area contributed by atoms with Crippen molar-refractivity contribution in [3.8, 4) is 0 Å². The van der Waals surface area contributed by atoms with Crippen molar-refractivity contribution in [3.05, 3.63) is 65.2 Å². The molecule has 21 heavy (non-hydrogen) atoms. The van der Waals surface area contributed by atoms with Crippen LogP contribution in [0.15, 0.2) is 48.5 Å². The van der Waals surface area contributed by atoms with Crippen molar-refractivity contribution < 1.29 is 9.53 Å². The molecule has 1 heterocycles. The van der Waals surface area contributed by atoms with Crippen LogP contribution in [0.5, 0.6) is 0 Å². The number of anilines is 1. The number of hydrogen-bond acceptors (Lipinski definition) is 3. The fourth-order valence-corrected chi connectivity index (χ4v) is 2.63. The number of hydrogen-bond donors (Lipinski definition) is 2. The Kier molecular flexibility index (Phi) is 3.99. The van der Waals surface area contributed by atoms with Gasteiger partial charge in [-0.2, -0.15) is 0 Å². The molecule has 0 saturated heterocycles. The smallest absolute Gasteiger partial charge is 0.258 e. The predicted molar refractivity (Wildman–Crippen MR) is 81.8 cm³/mol. The van der Waals surface area contributed by atoms with E-state index in [1.807, 2.05) is 48.5 Å². The van der Waals surface area contributed by atoms with E-state index < -0.39 is 6.10 Å². The van der Waals surface area contributed by atoms with Crippen LogP contribution in [-0.4, -0.2) is 12.5 Å². The second-order valence-corrected chi connectivity index (χ2v) is 5.05. The van der Waals surface area contributed by atoms with Gasteiger partial charge in [0, 0.05) is 12.2 Å². The molecule has 0 spiro atoms. The summed E-state index contributed by atoms with van der Waals surface area (Å²) in [6.07, 6.45) is 0.292. The highest BCUT2D eigenvalue weighted by Crippen LogP contribution is 2.28. The second kappa shape index (κ2) is 6.08. The van der Waals surface area contributed by atoms with Gasteiger partial charge in [-0.1, -0.05) is 42.5 Å². The number of fused-ring (bicyclic) bond motifs is 1. The highest BCUT2D eigenvalue weighted by Gasteiger charge is 2.27. The average Bonchev–Trinajstić information content (AvgIpc) is 2.54. The molecule has 0 fully saturated rings. The second-order valence-electron chi connectivity index (χ2n) is 5.05. The van der Waals surface area contributed by atoms with E-state index in [1.165, 1.54) is 5.56 Å². The molecule has 0 aromatic heterocycles. The fraction of sp³-hybridized carbons (Fsp3) is 0.235.